The second-order valence-corrected chi connectivity index (χ2v) is 6.82. The zero-order valence-corrected chi connectivity index (χ0v) is 14.0. The number of carboxylic acid groups (broad SMARTS) is 1. The number of carbonyl (C=O) groups is 2. The standard InChI is InChI=1S/C15H22N2O4S/c1-9(2)14-16-10(3)13(22-14)15(20)17(8-12(18)19)11-4-6-21-7-5-11/h9,11H,4-8H2,1-3H3,(H,18,19). The predicted molar refractivity (Wildman–Crippen MR) is 83.5 cm³/mol. The van der Waals surface area contributed by atoms with Gasteiger partial charge in [-0.3, -0.25) is 9.59 Å². The zero-order valence-electron chi connectivity index (χ0n) is 13.2. The molecule has 1 fully saturated rings. The van der Waals surface area contributed by atoms with Crippen LogP contribution in [0.3, 0.4) is 0 Å². The first-order valence-electron chi connectivity index (χ1n) is 7.48. The second-order valence-electron chi connectivity index (χ2n) is 5.79. The Balaban J connectivity index is 2.26. The molecule has 0 atom stereocenters. The average Bonchev–Trinajstić information content (AvgIpc) is 2.87. The monoisotopic (exact) mass is 326 g/mol. The number of aryl methyl sites for hydroxylation is 1. The van der Waals surface area contributed by atoms with Crippen molar-refractivity contribution in [3.63, 3.8) is 0 Å². The number of aromatic nitrogens is 1. The maximum Gasteiger partial charge on any atom is 0.323 e. The van der Waals surface area contributed by atoms with Gasteiger partial charge in [0.25, 0.3) is 5.91 Å². The largest absolute Gasteiger partial charge is 0.480 e. The van der Waals surface area contributed by atoms with Gasteiger partial charge in [0.2, 0.25) is 0 Å². The number of hydrogen-bond donors (Lipinski definition) is 1. The second kappa shape index (κ2) is 7.19. The van der Waals surface area contributed by atoms with Crippen LogP contribution in [0.4, 0.5) is 0 Å². The van der Waals surface area contributed by atoms with E-state index < -0.39 is 5.97 Å². The molecule has 2 heterocycles. The van der Waals surface area contributed by atoms with Gasteiger partial charge in [0.05, 0.1) is 10.7 Å². The minimum atomic E-state index is -0.994. The lowest BCUT2D eigenvalue weighted by molar-refractivity contribution is -0.138. The number of nitrogens with zero attached hydrogens (tertiary/aromatic N) is 2. The van der Waals surface area contributed by atoms with Gasteiger partial charge in [-0.15, -0.1) is 11.3 Å². The number of carbonyl (C=O) groups excluding carboxylic acids is 1. The fourth-order valence-electron chi connectivity index (χ4n) is 2.50. The van der Waals surface area contributed by atoms with Crippen LogP contribution in [-0.4, -0.2) is 52.7 Å². The van der Waals surface area contributed by atoms with Gasteiger partial charge >= 0.3 is 5.97 Å². The Bertz CT molecular complexity index is 550. The number of amides is 1. The lowest BCUT2D eigenvalue weighted by Gasteiger charge is -2.33. The third kappa shape index (κ3) is 3.84. The van der Waals surface area contributed by atoms with Crippen LogP contribution in [0.15, 0.2) is 0 Å². The Hall–Kier alpha value is -1.47. The van der Waals surface area contributed by atoms with Gasteiger partial charge in [-0.25, -0.2) is 4.98 Å². The van der Waals surface area contributed by atoms with Crippen molar-refractivity contribution in [3.8, 4) is 0 Å². The molecule has 1 N–H and O–H groups in total. The summed E-state index contributed by atoms with van der Waals surface area (Å²) < 4.78 is 5.30. The molecule has 0 spiro atoms. The highest BCUT2D eigenvalue weighted by Gasteiger charge is 2.30. The van der Waals surface area contributed by atoms with E-state index in [0.29, 0.717) is 36.6 Å². The number of hydrogen-bond acceptors (Lipinski definition) is 5. The first-order chi connectivity index (χ1) is 10.4. The van der Waals surface area contributed by atoms with Crippen molar-refractivity contribution in [1.82, 2.24) is 9.88 Å². The number of aliphatic carboxylic acids is 1. The van der Waals surface area contributed by atoms with Crippen LogP contribution in [0.1, 0.15) is 53.0 Å². The van der Waals surface area contributed by atoms with Crippen LogP contribution in [0.5, 0.6) is 0 Å². The summed E-state index contributed by atoms with van der Waals surface area (Å²) in [4.78, 5) is 30.4. The summed E-state index contributed by atoms with van der Waals surface area (Å²) in [6.07, 6.45) is 1.35. The third-order valence-corrected chi connectivity index (χ3v) is 5.15. The predicted octanol–water partition coefficient (Wildman–Crippen LogP) is 2.28. The van der Waals surface area contributed by atoms with Crippen molar-refractivity contribution in [2.75, 3.05) is 19.8 Å². The van der Waals surface area contributed by atoms with Gasteiger partial charge in [-0.05, 0) is 19.8 Å². The van der Waals surface area contributed by atoms with E-state index in [4.69, 9.17) is 9.84 Å². The van der Waals surface area contributed by atoms with E-state index in [-0.39, 0.29) is 24.4 Å². The summed E-state index contributed by atoms with van der Waals surface area (Å²) in [6.45, 7) is 6.70. The fourth-order valence-corrected chi connectivity index (χ4v) is 3.53. The van der Waals surface area contributed by atoms with Crippen LogP contribution in [-0.2, 0) is 9.53 Å². The maximum atomic E-state index is 12.8. The van der Waals surface area contributed by atoms with Gasteiger partial charge in [0.15, 0.2) is 0 Å². The number of thiazole rings is 1. The summed E-state index contributed by atoms with van der Waals surface area (Å²) >= 11 is 1.37. The molecule has 0 radical (unpaired) electrons. The molecule has 1 aliphatic rings. The molecule has 7 heteroatoms. The van der Waals surface area contributed by atoms with E-state index in [9.17, 15) is 9.59 Å². The van der Waals surface area contributed by atoms with Crippen molar-refractivity contribution in [3.05, 3.63) is 15.6 Å². The lowest BCUT2D eigenvalue weighted by Crippen LogP contribution is -2.46. The van der Waals surface area contributed by atoms with E-state index in [1.54, 1.807) is 6.92 Å². The van der Waals surface area contributed by atoms with Gasteiger partial charge in [-0.2, -0.15) is 0 Å². The van der Waals surface area contributed by atoms with Crippen LogP contribution in [0.25, 0.3) is 0 Å². The topological polar surface area (TPSA) is 79.7 Å². The molecule has 1 amide bonds. The van der Waals surface area contributed by atoms with Crippen molar-refractivity contribution >= 4 is 23.2 Å². The van der Waals surface area contributed by atoms with Crippen molar-refractivity contribution in [2.45, 2.75) is 45.6 Å². The SMILES string of the molecule is Cc1nc(C(C)C)sc1C(=O)N(CC(=O)O)C1CCOCC1. The van der Waals surface area contributed by atoms with Crippen molar-refractivity contribution in [1.29, 1.82) is 0 Å². The van der Waals surface area contributed by atoms with Gasteiger partial charge in [0.1, 0.15) is 11.4 Å². The van der Waals surface area contributed by atoms with Crippen LogP contribution in [0, 0.1) is 6.92 Å². The Morgan fingerprint density at radius 1 is 1.41 bits per heavy atom. The molecule has 0 bridgehead atoms. The quantitative estimate of drug-likeness (QED) is 0.898. The molecule has 2 rings (SSSR count). The Kier molecular flexibility index (Phi) is 5.52. The molecular formula is C15H22N2O4S. The third-order valence-electron chi connectivity index (χ3n) is 3.70. The van der Waals surface area contributed by atoms with Crippen LogP contribution >= 0.6 is 11.3 Å². The minimum absolute atomic E-state index is 0.0821. The summed E-state index contributed by atoms with van der Waals surface area (Å²) in [5.74, 6) is -0.969. The summed E-state index contributed by atoms with van der Waals surface area (Å²) in [5.41, 5.74) is 0.682. The molecule has 122 valence electrons. The van der Waals surface area contributed by atoms with Crippen LogP contribution < -0.4 is 0 Å². The van der Waals surface area contributed by atoms with Crippen molar-refractivity contribution < 1.29 is 19.4 Å². The highest BCUT2D eigenvalue weighted by Crippen LogP contribution is 2.27. The number of carboxylic acids is 1. The average molecular weight is 326 g/mol. The fraction of sp³-hybridized carbons (Fsp3) is 0.667. The minimum Gasteiger partial charge on any atom is -0.480 e. The van der Waals surface area contributed by atoms with Crippen molar-refractivity contribution in [2.24, 2.45) is 0 Å². The van der Waals surface area contributed by atoms with Gasteiger partial charge < -0.3 is 14.7 Å². The summed E-state index contributed by atoms with van der Waals surface area (Å²) in [7, 11) is 0. The Morgan fingerprint density at radius 3 is 2.55 bits per heavy atom. The maximum absolute atomic E-state index is 12.8. The van der Waals surface area contributed by atoms with E-state index in [1.165, 1.54) is 16.2 Å². The molecule has 0 aliphatic carbocycles. The number of rotatable bonds is 5. The molecule has 1 aliphatic heterocycles. The van der Waals surface area contributed by atoms with E-state index >= 15 is 0 Å². The summed E-state index contributed by atoms with van der Waals surface area (Å²) in [5, 5.41) is 10.0. The Labute approximate surface area is 134 Å². The first-order valence-corrected chi connectivity index (χ1v) is 8.29. The smallest absolute Gasteiger partial charge is 0.323 e. The molecule has 6 nitrogen and oxygen atoms in total. The van der Waals surface area contributed by atoms with E-state index in [0.717, 1.165) is 5.01 Å². The van der Waals surface area contributed by atoms with Gasteiger partial charge in [-0.1, -0.05) is 13.8 Å². The van der Waals surface area contributed by atoms with Gasteiger partial charge in [0, 0.05) is 25.2 Å². The molecule has 1 saturated heterocycles. The molecular weight excluding hydrogens is 304 g/mol. The molecule has 22 heavy (non-hydrogen) atoms. The van der Waals surface area contributed by atoms with Crippen LogP contribution in [0.2, 0.25) is 0 Å². The molecule has 0 aromatic carbocycles. The van der Waals surface area contributed by atoms with E-state index in [2.05, 4.69) is 4.98 Å². The molecule has 0 unspecified atom stereocenters. The number of ether oxygens (including phenoxy) is 1. The molecule has 1 aromatic heterocycles. The highest BCUT2D eigenvalue weighted by molar-refractivity contribution is 7.13. The molecule has 1 aromatic rings. The highest BCUT2D eigenvalue weighted by atomic mass is 32.1. The van der Waals surface area contributed by atoms with E-state index in [1.807, 2.05) is 13.8 Å². The summed E-state index contributed by atoms with van der Waals surface area (Å²) in [6, 6.07) is -0.0821. The first kappa shape index (κ1) is 16.9. The Morgan fingerprint density at radius 2 is 2.05 bits per heavy atom. The lowest BCUT2D eigenvalue weighted by atomic mass is 10.1. The normalized spacial score (nSPS) is 16.0. The zero-order chi connectivity index (χ0) is 16.3. The molecule has 0 saturated carbocycles.